The van der Waals surface area contributed by atoms with Crippen molar-refractivity contribution in [1.82, 2.24) is 14.8 Å². The maximum absolute atomic E-state index is 13.1. The average molecular weight is 426 g/mol. The van der Waals surface area contributed by atoms with Crippen LogP contribution in [0, 0.1) is 0 Å². The van der Waals surface area contributed by atoms with Crippen molar-refractivity contribution in [2.24, 2.45) is 0 Å². The summed E-state index contributed by atoms with van der Waals surface area (Å²) in [5.41, 5.74) is 2.66. The molecule has 2 aromatic carbocycles. The fourth-order valence-corrected chi connectivity index (χ4v) is 4.35. The van der Waals surface area contributed by atoms with Gasteiger partial charge in [0.1, 0.15) is 11.4 Å². The van der Waals surface area contributed by atoms with Crippen molar-refractivity contribution in [3.8, 4) is 5.75 Å². The van der Waals surface area contributed by atoms with Gasteiger partial charge in [-0.2, -0.15) is 0 Å². The van der Waals surface area contributed by atoms with Crippen molar-refractivity contribution in [1.29, 1.82) is 0 Å². The normalized spacial score (nSPS) is 14.3. The standard InChI is InChI=1S/C24H28ClN3O2/c1-2-30-23-10-6-9-21-20(23)16-22(24(29)26-11-14-27-12-3-4-13-27)28(21)17-18-7-5-8-19(25)15-18/h5-10,15-16H,2-4,11-14,17H2,1H3,(H,26,29). The van der Waals surface area contributed by atoms with Crippen molar-refractivity contribution in [2.45, 2.75) is 26.3 Å². The second-order valence-electron chi connectivity index (χ2n) is 7.67. The number of nitrogens with zero attached hydrogens (tertiary/aromatic N) is 2. The monoisotopic (exact) mass is 425 g/mol. The molecule has 0 atom stereocenters. The molecule has 3 aromatic rings. The molecule has 6 heteroatoms. The minimum Gasteiger partial charge on any atom is -0.493 e. The van der Waals surface area contributed by atoms with Crippen LogP contribution in [0.3, 0.4) is 0 Å². The molecule has 1 aromatic heterocycles. The lowest BCUT2D eigenvalue weighted by molar-refractivity contribution is 0.0941. The fraction of sp³-hybridized carbons (Fsp3) is 0.375. The molecule has 30 heavy (non-hydrogen) atoms. The van der Waals surface area contributed by atoms with Crippen molar-refractivity contribution >= 4 is 28.4 Å². The van der Waals surface area contributed by atoms with Gasteiger partial charge in [-0.3, -0.25) is 4.79 Å². The molecule has 2 heterocycles. The largest absolute Gasteiger partial charge is 0.493 e. The Morgan fingerprint density at radius 3 is 2.70 bits per heavy atom. The Hall–Kier alpha value is -2.50. The lowest BCUT2D eigenvalue weighted by Gasteiger charge is -2.15. The van der Waals surface area contributed by atoms with E-state index >= 15 is 0 Å². The first-order valence-corrected chi connectivity index (χ1v) is 11.0. The highest BCUT2D eigenvalue weighted by atomic mass is 35.5. The Morgan fingerprint density at radius 1 is 1.13 bits per heavy atom. The van der Waals surface area contributed by atoms with Gasteiger partial charge in [0.25, 0.3) is 5.91 Å². The molecule has 158 valence electrons. The van der Waals surface area contributed by atoms with Crippen molar-refractivity contribution in [2.75, 3.05) is 32.8 Å². The summed E-state index contributed by atoms with van der Waals surface area (Å²) in [7, 11) is 0. The van der Waals surface area contributed by atoms with Crippen LogP contribution in [0.25, 0.3) is 10.9 Å². The molecule has 4 rings (SSSR count). The third kappa shape index (κ3) is 4.63. The number of hydrogen-bond donors (Lipinski definition) is 1. The fourth-order valence-electron chi connectivity index (χ4n) is 4.14. The van der Waals surface area contributed by atoms with E-state index in [0.29, 0.717) is 30.4 Å². The van der Waals surface area contributed by atoms with Crippen LogP contribution in [0.2, 0.25) is 5.02 Å². The lowest BCUT2D eigenvalue weighted by Crippen LogP contribution is -2.34. The van der Waals surface area contributed by atoms with Crippen LogP contribution >= 0.6 is 11.6 Å². The number of halogens is 1. The summed E-state index contributed by atoms with van der Waals surface area (Å²) >= 11 is 6.19. The maximum Gasteiger partial charge on any atom is 0.268 e. The van der Waals surface area contributed by atoms with Crippen LogP contribution in [-0.2, 0) is 6.54 Å². The molecule has 0 radical (unpaired) electrons. The topological polar surface area (TPSA) is 46.5 Å². The molecule has 1 aliphatic rings. The van der Waals surface area contributed by atoms with Gasteiger partial charge in [0.15, 0.2) is 0 Å². The van der Waals surface area contributed by atoms with Crippen molar-refractivity contribution in [3.63, 3.8) is 0 Å². The van der Waals surface area contributed by atoms with Gasteiger partial charge >= 0.3 is 0 Å². The van der Waals surface area contributed by atoms with Crippen LogP contribution in [0.1, 0.15) is 35.8 Å². The van der Waals surface area contributed by atoms with Gasteiger partial charge in [-0.25, -0.2) is 0 Å². The molecule has 1 fully saturated rings. The number of carbonyl (C=O) groups is 1. The molecule has 1 saturated heterocycles. The van der Waals surface area contributed by atoms with E-state index in [0.717, 1.165) is 41.9 Å². The first kappa shape index (κ1) is 20.8. The highest BCUT2D eigenvalue weighted by Crippen LogP contribution is 2.30. The van der Waals surface area contributed by atoms with Gasteiger partial charge in [0.05, 0.1) is 12.1 Å². The number of carbonyl (C=O) groups excluding carboxylic acids is 1. The summed E-state index contributed by atoms with van der Waals surface area (Å²) in [5, 5.41) is 4.75. The molecule has 5 nitrogen and oxygen atoms in total. The van der Waals surface area contributed by atoms with Gasteiger partial charge < -0.3 is 19.5 Å². The summed E-state index contributed by atoms with van der Waals surface area (Å²) in [6.45, 7) is 6.91. The quantitative estimate of drug-likeness (QED) is 0.575. The number of rotatable bonds is 8. The van der Waals surface area contributed by atoms with Gasteiger partial charge in [0, 0.05) is 30.0 Å². The van der Waals surface area contributed by atoms with Crippen molar-refractivity contribution in [3.05, 3.63) is 64.8 Å². The summed E-state index contributed by atoms with van der Waals surface area (Å²) in [5.74, 6) is 0.737. The molecule has 1 aliphatic heterocycles. The Bertz CT molecular complexity index is 1020. The SMILES string of the molecule is CCOc1cccc2c1cc(C(=O)NCCN1CCCC1)n2Cc1cccc(Cl)c1. The Kier molecular flexibility index (Phi) is 6.60. The van der Waals surface area contributed by atoms with Crippen LogP contribution in [-0.4, -0.2) is 48.2 Å². The maximum atomic E-state index is 13.1. The molecular formula is C24H28ClN3O2. The third-order valence-electron chi connectivity index (χ3n) is 5.58. The molecule has 1 amide bonds. The zero-order chi connectivity index (χ0) is 20.9. The number of likely N-dealkylation sites (tertiary alicyclic amines) is 1. The van der Waals surface area contributed by atoms with Crippen LogP contribution in [0.15, 0.2) is 48.5 Å². The van der Waals surface area contributed by atoms with Crippen LogP contribution in [0.5, 0.6) is 5.75 Å². The predicted octanol–water partition coefficient (Wildman–Crippen LogP) is 4.57. The minimum atomic E-state index is -0.0603. The molecule has 0 saturated carbocycles. The Labute approximate surface area is 182 Å². The second kappa shape index (κ2) is 9.54. The van der Waals surface area contributed by atoms with E-state index in [-0.39, 0.29) is 5.91 Å². The van der Waals surface area contributed by atoms with Crippen LogP contribution < -0.4 is 10.1 Å². The lowest BCUT2D eigenvalue weighted by atomic mass is 10.2. The Balaban J connectivity index is 1.63. The van der Waals surface area contributed by atoms with E-state index in [4.69, 9.17) is 16.3 Å². The smallest absolute Gasteiger partial charge is 0.268 e. The van der Waals surface area contributed by atoms with E-state index in [1.165, 1.54) is 12.8 Å². The van der Waals surface area contributed by atoms with Gasteiger partial charge in [-0.05, 0) is 68.8 Å². The molecule has 0 bridgehead atoms. The number of fused-ring (bicyclic) bond motifs is 1. The average Bonchev–Trinajstić information content (AvgIpc) is 3.37. The molecule has 0 aliphatic carbocycles. The first-order valence-electron chi connectivity index (χ1n) is 10.7. The Morgan fingerprint density at radius 2 is 1.93 bits per heavy atom. The highest BCUT2D eigenvalue weighted by Gasteiger charge is 2.19. The summed E-state index contributed by atoms with van der Waals surface area (Å²) < 4.78 is 7.86. The van der Waals surface area contributed by atoms with Crippen molar-refractivity contribution < 1.29 is 9.53 Å². The highest BCUT2D eigenvalue weighted by molar-refractivity contribution is 6.30. The first-order chi connectivity index (χ1) is 14.7. The van der Waals surface area contributed by atoms with E-state index < -0.39 is 0 Å². The minimum absolute atomic E-state index is 0.0603. The summed E-state index contributed by atoms with van der Waals surface area (Å²) in [4.78, 5) is 15.5. The van der Waals surface area contributed by atoms with E-state index in [9.17, 15) is 4.79 Å². The third-order valence-corrected chi connectivity index (χ3v) is 5.82. The number of benzene rings is 2. The summed E-state index contributed by atoms with van der Waals surface area (Å²) in [6.07, 6.45) is 2.50. The summed E-state index contributed by atoms with van der Waals surface area (Å²) in [6, 6.07) is 15.7. The van der Waals surface area contributed by atoms with Crippen LogP contribution in [0.4, 0.5) is 0 Å². The zero-order valence-electron chi connectivity index (χ0n) is 17.4. The van der Waals surface area contributed by atoms with Gasteiger partial charge in [-0.1, -0.05) is 29.8 Å². The van der Waals surface area contributed by atoms with E-state index in [2.05, 4.69) is 14.8 Å². The van der Waals surface area contributed by atoms with E-state index in [1.54, 1.807) is 0 Å². The number of aromatic nitrogens is 1. The van der Waals surface area contributed by atoms with Gasteiger partial charge in [0.2, 0.25) is 0 Å². The molecular weight excluding hydrogens is 398 g/mol. The molecule has 1 N–H and O–H groups in total. The predicted molar refractivity (Wildman–Crippen MR) is 122 cm³/mol. The molecule has 0 unspecified atom stereocenters. The van der Waals surface area contributed by atoms with Gasteiger partial charge in [-0.15, -0.1) is 0 Å². The molecule has 0 spiro atoms. The number of amides is 1. The second-order valence-corrected chi connectivity index (χ2v) is 8.11. The number of ether oxygens (including phenoxy) is 1. The number of nitrogens with one attached hydrogen (secondary N) is 1. The number of hydrogen-bond acceptors (Lipinski definition) is 3. The zero-order valence-corrected chi connectivity index (χ0v) is 18.1. The van der Waals surface area contributed by atoms with E-state index in [1.807, 2.05) is 55.5 Å².